The van der Waals surface area contributed by atoms with E-state index < -0.39 is 12.0 Å². The number of carbonyl (C=O) groups excluding carboxylic acids is 2. The summed E-state index contributed by atoms with van der Waals surface area (Å²) in [6.07, 6.45) is 0. The van der Waals surface area contributed by atoms with Crippen LogP contribution in [0.25, 0.3) is 11.3 Å². The second-order valence-electron chi connectivity index (χ2n) is 6.60. The number of methoxy groups -OCH3 is 2. The van der Waals surface area contributed by atoms with E-state index in [9.17, 15) is 9.59 Å². The molecule has 1 amide bonds. The predicted molar refractivity (Wildman–Crippen MR) is 105 cm³/mol. The van der Waals surface area contributed by atoms with Gasteiger partial charge in [0.25, 0.3) is 5.91 Å². The van der Waals surface area contributed by atoms with E-state index in [1.54, 1.807) is 46.3 Å². The quantitative estimate of drug-likeness (QED) is 0.694. The molecular formula is C21H27NO6. The first-order valence-corrected chi connectivity index (χ1v) is 9.12. The number of hydrogen-bond acceptors (Lipinski definition) is 6. The minimum Gasteiger partial charge on any atom is -0.493 e. The average molecular weight is 389 g/mol. The van der Waals surface area contributed by atoms with Crippen molar-refractivity contribution in [3.8, 4) is 22.8 Å². The zero-order valence-corrected chi connectivity index (χ0v) is 17.1. The molecule has 28 heavy (non-hydrogen) atoms. The molecule has 152 valence electrons. The summed E-state index contributed by atoms with van der Waals surface area (Å²) in [5.41, 5.74) is 1.10. The lowest BCUT2D eigenvalue weighted by Crippen LogP contribution is -2.45. The lowest BCUT2D eigenvalue weighted by Gasteiger charge is -2.20. The molecule has 0 bridgehead atoms. The van der Waals surface area contributed by atoms with Crippen molar-refractivity contribution in [2.75, 3.05) is 20.8 Å². The smallest absolute Gasteiger partial charge is 0.328 e. The highest BCUT2D eigenvalue weighted by molar-refractivity contribution is 5.98. The molecule has 7 heteroatoms. The van der Waals surface area contributed by atoms with Gasteiger partial charge in [0.2, 0.25) is 0 Å². The molecule has 2 rings (SSSR count). The molecule has 7 nitrogen and oxygen atoms in total. The van der Waals surface area contributed by atoms with E-state index >= 15 is 0 Å². The van der Waals surface area contributed by atoms with E-state index in [0.29, 0.717) is 28.6 Å². The van der Waals surface area contributed by atoms with Crippen LogP contribution < -0.4 is 14.8 Å². The van der Waals surface area contributed by atoms with E-state index in [0.717, 1.165) is 5.56 Å². The summed E-state index contributed by atoms with van der Waals surface area (Å²) in [6.45, 7) is 7.38. The maximum atomic E-state index is 12.7. The number of nitrogens with one attached hydrogen (secondary N) is 1. The standard InChI is InChI=1S/C21H27NO6/c1-7-27-21(24)19(12(2)3)22-20(23)15-11-17(28-13(15)4)14-8-9-16(25-5)18(10-14)26-6/h8-12,19H,7H2,1-6H3,(H,22,23)/t19-/m0/s1. The van der Waals surface area contributed by atoms with Gasteiger partial charge in [0.05, 0.1) is 26.4 Å². The molecule has 1 atom stereocenters. The Balaban J connectivity index is 2.28. The third kappa shape index (κ3) is 4.65. The zero-order valence-electron chi connectivity index (χ0n) is 17.1. The summed E-state index contributed by atoms with van der Waals surface area (Å²) in [4.78, 5) is 24.8. The lowest BCUT2D eigenvalue weighted by atomic mass is 10.0. The highest BCUT2D eigenvalue weighted by Gasteiger charge is 2.27. The number of esters is 1. The molecule has 0 radical (unpaired) electrons. The van der Waals surface area contributed by atoms with Gasteiger partial charge >= 0.3 is 5.97 Å². The number of furan rings is 1. The molecule has 0 fully saturated rings. The topological polar surface area (TPSA) is 87.0 Å². The van der Waals surface area contributed by atoms with Crippen molar-refractivity contribution in [3.63, 3.8) is 0 Å². The second-order valence-corrected chi connectivity index (χ2v) is 6.60. The fourth-order valence-corrected chi connectivity index (χ4v) is 2.79. The van der Waals surface area contributed by atoms with Crippen LogP contribution >= 0.6 is 0 Å². The molecule has 2 aromatic rings. The molecule has 0 aliphatic carbocycles. The normalized spacial score (nSPS) is 11.8. The Morgan fingerprint density at radius 1 is 1.11 bits per heavy atom. The van der Waals surface area contributed by atoms with Gasteiger partial charge in [-0.3, -0.25) is 4.79 Å². The van der Waals surface area contributed by atoms with Gasteiger partial charge in [-0.15, -0.1) is 0 Å². The van der Waals surface area contributed by atoms with Gasteiger partial charge < -0.3 is 23.9 Å². The molecule has 0 spiro atoms. The summed E-state index contributed by atoms with van der Waals surface area (Å²) in [7, 11) is 3.11. The van der Waals surface area contributed by atoms with Crippen LogP contribution in [0.15, 0.2) is 28.7 Å². The highest BCUT2D eigenvalue weighted by atomic mass is 16.5. The molecule has 1 aromatic heterocycles. The van der Waals surface area contributed by atoms with Crippen LogP contribution in [0.4, 0.5) is 0 Å². The van der Waals surface area contributed by atoms with Gasteiger partial charge in [0.15, 0.2) is 11.5 Å². The Bertz CT molecular complexity index is 839. The van der Waals surface area contributed by atoms with Gasteiger partial charge in [0, 0.05) is 5.56 Å². The summed E-state index contributed by atoms with van der Waals surface area (Å²) < 4.78 is 21.4. The van der Waals surface area contributed by atoms with Crippen LogP contribution in [-0.2, 0) is 9.53 Å². The third-order valence-electron chi connectivity index (χ3n) is 4.32. The number of carbonyl (C=O) groups is 2. The predicted octanol–water partition coefficient (Wildman–Crippen LogP) is 3.59. The maximum Gasteiger partial charge on any atom is 0.328 e. The van der Waals surface area contributed by atoms with Crippen molar-refractivity contribution in [1.82, 2.24) is 5.32 Å². The summed E-state index contributed by atoms with van der Waals surface area (Å²) in [5, 5.41) is 2.75. The molecule has 0 unspecified atom stereocenters. The van der Waals surface area contributed by atoms with E-state index in [4.69, 9.17) is 18.6 Å². The lowest BCUT2D eigenvalue weighted by molar-refractivity contribution is -0.146. The van der Waals surface area contributed by atoms with Crippen molar-refractivity contribution in [3.05, 3.63) is 35.6 Å². The van der Waals surface area contributed by atoms with Gasteiger partial charge in [-0.2, -0.15) is 0 Å². The van der Waals surface area contributed by atoms with Crippen molar-refractivity contribution in [2.24, 2.45) is 5.92 Å². The summed E-state index contributed by atoms with van der Waals surface area (Å²) >= 11 is 0. The van der Waals surface area contributed by atoms with Gasteiger partial charge in [-0.25, -0.2) is 4.79 Å². The Hall–Kier alpha value is -2.96. The number of hydrogen-bond donors (Lipinski definition) is 1. The fourth-order valence-electron chi connectivity index (χ4n) is 2.79. The molecule has 0 saturated carbocycles. The van der Waals surface area contributed by atoms with Crippen LogP contribution in [0.1, 0.15) is 36.9 Å². The molecule has 1 N–H and O–H groups in total. The molecule has 1 aromatic carbocycles. The fraction of sp³-hybridized carbons (Fsp3) is 0.429. The number of ether oxygens (including phenoxy) is 3. The second kappa shape index (κ2) is 9.30. The molecule has 0 saturated heterocycles. The minimum atomic E-state index is -0.730. The van der Waals surface area contributed by atoms with Crippen molar-refractivity contribution in [2.45, 2.75) is 33.7 Å². The Kier molecular flexibility index (Phi) is 7.09. The Morgan fingerprint density at radius 3 is 2.36 bits per heavy atom. The first-order valence-electron chi connectivity index (χ1n) is 9.12. The van der Waals surface area contributed by atoms with Gasteiger partial charge in [-0.05, 0) is 44.0 Å². The van der Waals surface area contributed by atoms with E-state index in [1.165, 1.54) is 0 Å². The summed E-state index contributed by atoms with van der Waals surface area (Å²) in [5.74, 6) is 1.17. The maximum absolute atomic E-state index is 12.7. The van der Waals surface area contributed by atoms with Crippen LogP contribution in [0, 0.1) is 12.8 Å². The van der Waals surface area contributed by atoms with Crippen LogP contribution in [0.3, 0.4) is 0 Å². The van der Waals surface area contributed by atoms with E-state index in [1.807, 2.05) is 19.9 Å². The molecule has 1 heterocycles. The van der Waals surface area contributed by atoms with E-state index in [-0.39, 0.29) is 18.4 Å². The highest BCUT2D eigenvalue weighted by Crippen LogP contribution is 2.34. The summed E-state index contributed by atoms with van der Waals surface area (Å²) in [6, 6.07) is 6.27. The average Bonchev–Trinajstić information content (AvgIpc) is 3.06. The minimum absolute atomic E-state index is 0.111. The third-order valence-corrected chi connectivity index (χ3v) is 4.32. The number of aryl methyl sites for hydroxylation is 1. The number of amides is 1. The largest absolute Gasteiger partial charge is 0.493 e. The number of rotatable bonds is 8. The van der Waals surface area contributed by atoms with Gasteiger partial charge in [-0.1, -0.05) is 13.8 Å². The monoisotopic (exact) mass is 389 g/mol. The van der Waals surface area contributed by atoms with Crippen LogP contribution in [0.2, 0.25) is 0 Å². The van der Waals surface area contributed by atoms with Crippen molar-refractivity contribution >= 4 is 11.9 Å². The SMILES string of the molecule is CCOC(=O)[C@@H](NC(=O)c1cc(-c2ccc(OC)c(OC)c2)oc1C)C(C)C. The van der Waals surface area contributed by atoms with Crippen LogP contribution in [-0.4, -0.2) is 38.7 Å². The van der Waals surface area contributed by atoms with Crippen LogP contribution in [0.5, 0.6) is 11.5 Å². The molecule has 0 aliphatic rings. The first kappa shape index (κ1) is 21.3. The van der Waals surface area contributed by atoms with Gasteiger partial charge in [0.1, 0.15) is 17.6 Å². The number of benzene rings is 1. The van der Waals surface area contributed by atoms with E-state index in [2.05, 4.69) is 5.32 Å². The first-order chi connectivity index (χ1) is 13.3. The van der Waals surface area contributed by atoms with Crippen molar-refractivity contribution < 1.29 is 28.2 Å². The van der Waals surface area contributed by atoms with Crippen molar-refractivity contribution in [1.29, 1.82) is 0 Å². The zero-order chi connectivity index (χ0) is 20.8. The Labute approximate surface area is 165 Å². The molecular weight excluding hydrogens is 362 g/mol. The molecule has 0 aliphatic heterocycles. The Morgan fingerprint density at radius 2 is 1.79 bits per heavy atom.